The third kappa shape index (κ3) is 7.65. The molecule has 2 N–H and O–H groups in total. The van der Waals surface area contributed by atoms with Gasteiger partial charge in [-0.25, -0.2) is 13.1 Å². The lowest BCUT2D eigenvalue weighted by atomic mass is 9.88. The summed E-state index contributed by atoms with van der Waals surface area (Å²) in [6.45, 7) is 9.79. The molecule has 10 heteroatoms. The fraction of sp³-hybridized carbons (Fsp3) is 0.781. The average molecular weight is 605 g/mol. The molecule has 0 spiro atoms. The van der Waals surface area contributed by atoms with Crippen LogP contribution < -0.4 is 15.6 Å². The minimum atomic E-state index is -3.48. The van der Waals surface area contributed by atoms with E-state index in [1.165, 1.54) is 19.3 Å². The summed E-state index contributed by atoms with van der Waals surface area (Å²) in [5, 5.41) is 2.89. The maximum Gasteiger partial charge on any atom is 0.263 e. The minimum Gasteiger partial charge on any atom is -0.341 e. The van der Waals surface area contributed by atoms with Crippen LogP contribution in [0.15, 0.2) is 10.9 Å². The summed E-state index contributed by atoms with van der Waals surface area (Å²) in [4.78, 5) is 42.8. The largest absolute Gasteiger partial charge is 0.341 e. The van der Waals surface area contributed by atoms with Crippen molar-refractivity contribution in [2.75, 3.05) is 13.1 Å². The molecule has 1 saturated carbocycles. The van der Waals surface area contributed by atoms with Crippen molar-refractivity contribution < 1.29 is 18.0 Å². The van der Waals surface area contributed by atoms with E-state index in [9.17, 15) is 22.8 Å². The molecule has 2 amide bonds. The van der Waals surface area contributed by atoms with Crippen molar-refractivity contribution in [3.8, 4) is 0 Å². The zero-order valence-corrected chi connectivity index (χ0v) is 27.2. The number of pyridine rings is 1. The Kier molecular flexibility index (Phi) is 10.3. The molecular formula is C32H52N4O5S. The van der Waals surface area contributed by atoms with Gasteiger partial charge in [0.05, 0.1) is 4.75 Å². The van der Waals surface area contributed by atoms with Crippen LogP contribution in [0.1, 0.15) is 127 Å². The Labute approximate surface area is 252 Å². The summed E-state index contributed by atoms with van der Waals surface area (Å²) in [5.41, 5.74) is 0.856. The summed E-state index contributed by atoms with van der Waals surface area (Å²) in [7, 11) is -3.48. The molecule has 0 atom stereocenters. The highest BCUT2D eigenvalue weighted by atomic mass is 32.2. The summed E-state index contributed by atoms with van der Waals surface area (Å²) >= 11 is 0. The first kappa shape index (κ1) is 32.7. The third-order valence-electron chi connectivity index (χ3n) is 9.38. The van der Waals surface area contributed by atoms with E-state index in [0.29, 0.717) is 38.4 Å². The van der Waals surface area contributed by atoms with Crippen molar-refractivity contribution in [1.82, 2.24) is 19.5 Å². The lowest BCUT2D eigenvalue weighted by molar-refractivity contribution is -0.137. The molecule has 3 aliphatic rings. The van der Waals surface area contributed by atoms with E-state index < -0.39 is 26.2 Å². The molecule has 2 fully saturated rings. The first-order chi connectivity index (χ1) is 19.7. The van der Waals surface area contributed by atoms with Crippen molar-refractivity contribution >= 4 is 21.8 Å². The van der Waals surface area contributed by atoms with Crippen LogP contribution in [0, 0.1) is 5.92 Å². The van der Waals surface area contributed by atoms with Crippen LogP contribution in [0.25, 0.3) is 0 Å². The highest BCUT2D eigenvalue weighted by molar-refractivity contribution is 7.90. The van der Waals surface area contributed by atoms with Crippen LogP contribution in [0.5, 0.6) is 0 Å². The molecule has 4 rings (SSSR count). The lowest BCUT2D eigenvalue weighted by Crippen LogP contribution is -2.59. The van der Waals surface area contributed by atoms with Crippen LogP contribution in [-0.4, -0.2) is 59.1 Å². The number of hydrogen-bond donors (Lipinski definition) is 2. The molecular weight excluding hydrogens is 552 g/mol. The first-order valence-electron chi connectivity index (χ1n) is 16.1. The summed E-state index contributed by atoms with van der Waals surface area (Å²) in [6.07, 6.45) is 13.0. The van der Waals surface area contributed by atoms with Crippen molar-refractivity contribution in [3.63, 3.8) is 0 Å². The SMILES string of the molecule is CC(C)(NC(=O)c1cc2c(n(CC3CCCCC3)c1=O)CCCCCC2)C(=O)N1CCC(NS(=O)(=O)C(C)(C)C)CC1. The Morgan fingerprint density at radius 3 is 2.10 bits per heavy atom. The number of sulfonamides is 1. The van der Waals surface area contributed by atoms with Crippen LogP contribution in [-0.2, 0) is 34.2 Å². The molecule has 1 aromatic heterocycles. The number of nitrogens with zero attached hydrogens (tertiary/aromatic N) is 2. The molecule has 1 saturated heterocycles. The second kappa shape index (κ2) is 13.2. The Hall–Kier alpha value is -2.20. The predicted octanol–water partition coefficient (Wildman–Crippen LogP) is 4.30. The van der Waals surface area contributed by atoms with Gasteiger partial charge in [-0.15, -0.1) is 0 Å². The van der Waals surface area contributed by atoms with Crippen LogP contribution in [0.3, 0.4) is 0 Å². The number of aromatic nitrogens is 1. The number of likely N-dealkylation sites (tertiary alicyclic amines) is 1. The smallest absolute Gasteiger partial charge is 0.263 e. The lowest BCUT2D eigenvalue weighted by Gasteiger charge is -2.38. The number of fused-ring (bicyclic) bond motifs is 1. The van der Waals surface area contributed by atoms with Gasteiger partial charge in [-0.1, -0.05) is 32.1 Å². The zero-order valence-electron chi connectivity index (χ0n) is 26.4. The highest BCUT2D eigenvalue weighted by Crippen LogP contribution is 2.27. The third-order valence-corrected chi connectivity index (χ3v) is 11.6. The van der Waals surface area contributed by atoms with Gasteiger partial charge in [0.15, 0.2) is 0 Å². The van der Waals surface area contributed by atoms with Gasteiger partial charge in [0.25, 0.3) is 11.5 Å². The number of hydrogen-bond acceptors (Lipinski definition) is 5. The van der Waals surface area contributed by atoms with Gasteiger partial charge >= 0.3 is 0 Å². The van der Waals surface area contributed by atoms with E-state index in [-0.39, 0.29) is 23.1 Å². The monoisotopic (exact) mass is 604 g/mol. The van der Waals surface area contributed by atoms with E-state index in [0.717, 1.165) is 62.6 Å². The molecule has 42 heavy (non-hydrogen) atoms. The predicted molar refractivity (Wildman–Crippen MR) is 166 cm³/mol. The van der Waals surface area contributed by atoms with Gasteiger partial charge in [-0.05, 0) is 104 Å². The normalized spacial score (nSPS) is 20.0. The van der Waals surface area contributed by atoms with Gasteiger partial charge in [-0.3, -0.25) is 14.4 Å². The topological polar surface area (TPSA) is 118 Å². The fourth-order valence-electron chi connectivity index (χ4n) is 6.61. The Morgan fingerprint density at radius 2 is 1.48 bits per heavy atom. The number of carbonyl (C=O) groups excluding carboxylic acids is 2. The van der Waals surface area contributed by atoms with Gasteiger partial charge in [0, 0.05) is 31.4 Å². The number of nitrogens with one attached hydrogen (secondary N) is 2. The molecule has 236 valence electrons. The van der Waals surface area contributed by atoms with E-state index in [2.05, 4.69) is 10.0 Å². The number of carbonyl (C=O) groups is 2. The number of rotatable bonds is 7. The molecule has 2 aliphatic carbocycles. The number of piperidine rings is 1. The van der Waals surface area contributed by atoms with Gasteiger partial charge in [0.1, 0.15) is 11.1 Å². The summed E-state index contributed by atoms with van der Waals surface area (Å²) in [5.74, 6) is -0.284. The average Bonchev–Trinajstić information content (AvgIpc) is 2.90. The van der Waals surface area contributed by atoms with Gasteiger partial charge < -0.3 is 14.8 Å². The summed E-state index contributed by atoms with van der Waals surface area (Å²) in [6, 6.07) is 1.56. The molecule has 1 aliphatic heterocycles. The Morgan fingerprint density at radius 1 is 0.881 bits per heavy atom. The molecule has 1 aromatic rings. The minimum absolute atomic E-state index is 0.126. The quantitative estimate of drug-likeness (QED) is 0.481. The van der Waals surface area contributed by atoms with E-state index >= 15 is 0 Å². The van der Waals surface area contributed by atoms with Gasteiger partial charge in [-0.2, -0.15) is 0 Å². The van der Waals surface area contributed by atoms with Crippen LogP contribution in [0.2, 0.25) is 0 Å². The van der Waals surface area contributed by atoms with Crippen molar-refractivity contribution in [1.29, 1.82) is 0 Å². The highest BCUT2D eigenvalue weighted by Gasteiger charge is 2.38. The molecule has 0 aromatic carbocycles. The number of amides is 2. The number of aryl methyl sites for hydroxylation is 1. The summed E-state index contributed by atoms with van der Waals surface area (Å²) < 4.78 is 28.9. The maximum absolute atomic E-state index is 13.9. The van der Waals surface area contributed by atoms with E-state index in [1.54, 1.807) is 45.6 Å². The second-order valence-corrected chi connectivity index (χ2v) is 16.7. The second-order valence-electron chi connectivity index (χ2n) is 14.2. The van der Waals surface area contributed by atoms with Crippen molar-refractivity contribution in [3.05, 3.63) is 33.2 Å². The molecule has 0 bridgehead atoms. The first-order valence-corrected chi connectivity index (χ1v) is 17.6. The Balaban J connectivity index is 1.49. The molecule has 0 radical (unpaired) electrons. The molecule has 0 unspecified atom stereocenters. The standard InChI is InChI=1S/C32H52N4O5S/c1-31(2,3)42(40,41)34-25-17-19-35(20-18-25)30(39)32(4,5)33-28(37)26-21-24-15-11-6-7-12-16-27(24)36(29(26)38)22-23-13-9-8-10-14-23/h21,23,25,34H,6-20,22H2,1-5H3,(H,33,37). The molecule has 9 nitrogen and oxygen atoms in total. The molecule has 2 heterocycles. The van der Waals surface area contributed by atoms with E-state index in [1.807, 2.05) is 4.57 Å². The van der Waals surface area contributed by atoms with E-state index in [4.69, 9.17) is 0 Å². The zero-order chi connectivity index (χ0) is 30.7. The van der Waals surface area contributed by atoms with Crippen LogP contribution >= 0.6 is 0 Å². The fourth-order valence-corrected chi connectivity index (χ4v) is 7.64. The maximum atomic E-state index is 13.9. The van der Waals surface area contributed by atoms with Crippen molar-refractivity contribution in [2.45, 2.75) is 141 Å². The van der Waals surface area contributed by atoms with Crippen molar-refractivity contribution in [2.24, 2.45) is 5.92 Å². The Bertz CT molecular complexity index is 1300. The van der Waals surface area contributed by atoms with Gasteiger partial charge in [0.2, 0.25) is 15.9 Å². The van der Waals surface area contributed by atoms with Crippen LogP contribution in [0.4, 0.5) is 0 Å².